The number of anilines is 1. The quantitative estimate of drug-likeness (QED) is 0.751. The highest BCUT2D eigenvalue weighted by Gasteiger charge is 2.23. The molecule has 4 heteroatoms. The first-order valence-corrected chi connectivity index (χ1v) is 6.63. The lowest BCUT2D eigenvalue weighted by Gasteiger charge is -2.23. The minimum atomic E-state index is 0.271. The number of nitrogen functional groups attached to an aromatic ring is 1. The maximum absolute atomic E-state index is 9.01. The Kier molecular flexibility index (Phi) is 4.84. The van der Waals surface area contributed by atoms with Crippen molar-refractivity contribution < 1.29 is 9.84 Å². The van der Waals surface area contributed by atoms with Gasteiger partial charge < -0.3 is 15.6 Å². The average molecular weight is 250 g/mol. The maximum atomic E-state index is 9.01. The van der Waals surface area contributed by atoms with Crippen LogP contribution in [0.25, 0.3) is 0 Å². The minimum Gasteiger partial charge on any atom is -0.490 e. The van der Waals surface area contributed by atoms with Crippen LogP contribution >= 0.6 is 0 Å². The van der Waals surface area contributed by atoms with E-state index in [1.807, 2.05) is 24.3 Å². The third-order valence-electron chi connectivity index (χ3n) is 3.52. The molecule has 0 radical (unpaired) electrons. The summed E-state index contributed by atoms with van der Waals surface area (Å²) in [5.41, 5.74) is 6.50. The highest BCUT2D eigenvalue weighted by atomic mass is 16.5. The molecule has 0 amide bonds. The van der Waals surface area contributed by atoms with Crippen molar-refractivity contribution in [1.82, 2.24) is 4.90 Å². The number of aliphatic hydroxyl groups is 1. The maximum Gasteiger partial charge on any atom is 0.142 e. The normalized spacial score (nSPS) is 20.2. The van der Waals surface area contributed by atoms with Crippen LogP contribution in [0.4, 0.5) is 5.69 Å². The van der Waals surface area contributed by atoms with Crippen molar-refractivity contribution in [2.45, 2.75) is 25.3 Å². The second-order valence-electron chi connectivity index (χ2n) is 4.73. The molecule has 0 aromatic heterocycles. The Morgan fingerprint density at radius 1 is 1.39 bits per heavy atom. The van der Waals surface area contributed by atoms with Crippen molar-refractivity contribution in [2.75, 3.05) is 32.0 Å². The Balaban J connectivity index is 1.76. The van der Waals surface area contributed by atoms with E-state index < -0.39 is 0 Å². The Bertz CT molecular complexity index is 371. The number of benzene rings is 1. The second-order valence-corrected chi connectivity index (χ2v) is 4.73. The summed E-state index contributed by atoms with van der Waals surface area (Å²) in [5.74, 6) is 0.760. The summed E-state index contributed by atoms with van der Waals surface area (Å²) in [6.45, 7) is 2.93. The van der Waals surface area contributed by atoms with Gasteiger partial charge in [-0.25, -0.2) is 0 Å². The summed E-state index contributed by atoms with van der Waals surface area (Å²) in [7, 11) is 0. The van der Waals surface area contributed by atoms with Crippen LogP contribution in [0, 0.1) is 0 Å². The number of para-hydroxylation sites is 2. The lowest BCUT2D eigenvalue weighted by atomic mass is 10.1. The second kappa shape index (κ2) is 6.61. The summed E-state index contributed by atoms with van der Waals surface area (Å²) in [6.07, 6.45) is 3.28. The first-order chi connectivity index (χ1) is 8.81. The van der Waals surface area contributed by atoms with Gasteiger partial charge >= 0.3 is 0 Å². The molecule has 1 atom stereocenters. The molecule has 1 unspecified atom stereocenters. The van der Waals surface area contributed by atoms with Crippen LogP contribution < -0.4 is 10.5 Å². The van der Waals surface area contributed by atoms with Crippen LogP contribution in [0.3, 0.4) is 0 Å². The number of likely N-dealkylation sites (tertiary alicyclic amines) is 1. The lowest BCUT2D eigenvalue weighted by molar-refractivity contribution is 0.168. The van der Waals surface area contributed by atoms with E-state index in [0.717, 1.165) is 25.3 Å². The van der Waals surface area contributed by atoms with E-state index in [1.165, 1.54) is 12.8 Å². The van der Waals surface area contributed by atoms with Gasteiger partial charge in [0.15, 0.2) is 0 Å². The number of aliphatic hydroxyl groups excluding tert-OH is 1. The number of rotatable bonds is 6. The fourth-order valence-electron chi connectivity index (χ4n) is 2.55. The first kappa shape index (κ1) is 13.2. The fourth-order valence-corrected chi connectivity index (χ4v) is 2.55. The van der Waals surface area contributed by atoms with Crippen molar-refractivity contribution in [3.63, 3.8) is 0 Å². The summed E-state index contributed by atoms with van der Waals surface area (Å²) < 4.78 is 5.70. The molecule has 1 aromatic carbocycles. The molecule has 0 saturated carbocycles. The third-order valence-corrected chi connectivity index (χ3v) is 3.52. The van der Waals surface area contributed by atoms with Gasteiger partial charge in [0.1, 0.15) is 12.4 Å². The van der Waals surface area contributed by atoms with E-state index in [-0.39, 0.29) is 6.61 Å². The first-order valence-electron chi connectivity index (χ1n) is 6.63. The standard InChI is InChI=1S/C14H22N2O2/c15-13-5-1-2-6-14(13)18-11-9-16-8-3-4-12(16)7-10-17/h1-2,5-6,12,17H,3-4,7-11,15H2. The predicted octanol–water partition coefficient (Wildman–Crippen LogP) is 1.49. The smallest absolute Gasteiger partial charge is 0.142 e. The Labute approximate surface area is 108 Å². The summed E-state index contributed by atoms with van der Waals surface area (Å²) in [6, 6.07) is 8.09. The third kappa shape index (κ3) is 3.37. The molecule has 1 fully saturated rings. The largest absolute Gasteiger partial charge is 0.490 e. The SMILES string of the molecule is Nc1ccccc1OCCN1CCCC1CCO. The van der Waals surface area contributed by atoms with Crippen molar-refractivity contribution in [3.05, 3.63) is 24.3 Å². The van der Waals surface area contributed by atoms with Crippen molar-refractivity contribution in [1.29, 1.82) is 0 Å². The van der Waals surface area contributed by atoms with Crippen LogP contribution in [0.2, 0.25) is 0 Å². The number of ether oxygens (including phenoxy) is 1. The molecule has 1 saturated heterocycles. The van der Waals surface area contributed by atoms with Crippen LogP contribution in [-0.2, 0) is 0 Å². The zero-order valence-corrected chi connectivity index (χ0v) is 10.7. The van der Waals surface area contributed by atoms with E-state index in [0.29, 0.717) is 18.3 Å². The summed E-state index contributed by atoms with van der Waals surface area (Å²) in [5, 5.41) is 9.01. The molecule has 3 N–H and O–H groups in total. The molecule has 0 bridgehead atoms. The highest BCUT2D eigenvalue weighted by Crippen LogP contribution is 2.21. The molecule has 1 aromatic rings. The molecule has 0 spiro atoms. The van der Waals surface area contributed by atoms with E-state index in [4.69, 9.17) is 15.6 Å². The van der Waals surface area contributed by atoms with Gasteiger partial charge in [0.2, 0.25) is 0 Å². The Hall–Kier alpha value is -1.26. The van der Waals surface area contributed by atoms with Gasteiger partial charge in [-0.15, -0.1) is 0 Å². The predicted molar refractivity (Wildman–Crippen MR) is 72.6 cm³/mol. The molecular weight excluding hydrogens is 228 g/mol. The highest BCUT2D eigenvalue weighted by molar-refractivity contribution is 5.51. The van der Waals surface area contributed by atoms with Crippen molar-refractivity contribution in [2.24, 2.45) is 0 Å². The van der Waals surface area contributed by atoms with E-state index in [1.54, 1.807) is 0 Å². The van der Waals surface area contributed by atoms with Gasteiger partial charge in [-0.1, -0.05) is 12.1 Å². The van der Waals surface area contributed by atoms with E-state index in [2.05, 4.69) is 4.90 Å². The zero-order valence-electron chi connectivity index (χ0n) is 10.7. The summed E-state index contributed by atoms with van der Waals surface area (Å²) in [4.78, 5) is 2.40. The Morgan fingerprint density at radius 2 is 2.22 bits per heavy atom. The molecule has 1 aliphatic heterocycles. The average Bonchev–Trinajstić information content (AvgIpc) is 2.80. The monoisotopic (exact) mass is 250 g/mol. The van der Waals surface area contributed by atoms with Crippen molar-refractivity contribution in [3.8, 4) is 5.75 Å². The number of hydrogen-bond donors (Lipinski definition) is 2. The molecule has 1 aliphatic rings. The zero-order chi connectivity index (χ0) is 12.8. The summed E-state index contributed by atoms with van der Waals surface area (Å²) >= 11 is 0. The van der Waals surface area contributed by atoms with Gasteiger partial charge in [0.05, 0.1) is 5.69 Å². The molecule has 0 aliphatic carbocycles. The molecule has 100 valence electrons. The van der Waals surface area contributed by atoms with Crippen LogP contribution in [0.15, 0.2) is 24.3 Å². The van der Waals surface area contributed by atoms with E-state index in [9.17, 15) is 0 Å². The topological polar surface area (TPSA) is 58.7 Å². The van der Waals surface area contributed by atoms with Crippen LogP contribution in [-0.4, -0.2) is 42.4 Å². The van der Waals surface area contributed by atoms with Gasteiger partial charge in [-0.05, 0) is 37.9 Å². The molecular formula is C14H22N2O2. The van der Waals surface area contributed by atoms with Gasteiger partial charge in [-0.2, -0.15) is 0 Å². The number of hydrogen-bond acceptors (Lipinski definition) is 4. The van der Waals surface area contributed by atoms with Crippen LogP contribution in [0.1, 0.15) is 19.3 Å². The van der Waals surface area contributed by atoms with Gasteiger partial charge in [0.25, 0.3) is 0 Å². The number of nitrogens with two attached hydrogens (primary N) is 1. The molecule has 18 heavy (non-hydrogen) atoms. The lowest BCUT2D eigenvalue weighted by Crippen LogP contribution is -2.33. The van der Waals surface area contributed by atoms with Crippen molar-refractivity contribution >= 4 is 5.69 Å². The van der Waals surface area contributed by atoms with Crippen LogP contribution in [0.5, 0.6) is 5.75 Å². The minimum absolute atomic E-state index is 0.271. The van der Waals surface area contributed by atoms with Gasteiger partial charge in [0, 0.05) is 19.2 Å². The molecule has 2 rings (SSSR count). The molecule has 4 nitrogen and oxygen atoms in total. The van der Waals surface area contributed by atoms with Gasteiger partial charge in [-0.3, -0.25) is 4.90 Å². The fraction of sp³-hybridized carbons (Fsp3) is 0.571. The Morgan fingerprint density at radius 3 is 3.00 bits per heavy atom. The molecule has 1 heterocycles. The van der Waals surface area contributed by atoms with E-state index >= 15 is 0 Å². The number of nitrogens with zero attached hydrogens (tertiary/aromatic N) is 1.